The maximum absolute atomic E-state index is 14.8. The lowest BCUT2D eigenvalue weighted by Gasteiger charge is -2.44. The topological polar surface area (TPSA) is 36.0 Å². The maximum Gasteiger partial charge on any atom is 0.272 e. The Morgan fingerprint density at radius 2 is 1.74 bits per heavy atom. The lowest BCUT2D eigenvalue weighted by atomic mass is 9.79. The summed E-state index contributed by atoms with van der Waals surface area (Å²) >= 11 is 0. The van der Waals surface area contributed by atoms with Crippen LogP contribution in [-0.2, 0) is 15.5 Å². The molecule has 1 aromatic carbocycles. The van der Waals surface area contributed by atoms with Crippen LogP contribution in [0.1, 0.15) is 70.8 Å². The normalized spacial score (nSPS) is 27.1. The molecule has 4 saturated heterocycles. The number of anilines is 2. The van der Waals surface area contributed by atoms with Crippen LogP contribution in [-0.4, -0.2) is 62.3 Å². The molecule has 0 N–H and O–H groups in total. The molecule has 5 rings (SSSR count). The van der Waals surface area contributed by atoms with Crippen molar-refractivity contribution in [3.05, 3.63) is 23.8 Å². The van der Waals surface area contributed by atoms with Gasteiger partial charge in [0.05, 0.1) is 11.1 Å². The van der Waals surface area contributed by atoms with Crippen LogP contribution >= 0.6 is 0 Å². The summed E-state index contributed by atoms with van der Waals surface area (Å²) in [5.41, 5.74) is 0.749. The van der Waals surface area contributed by atoms with Gasteiger partial charge in [-0.05, 0) is 76.6 Å². The summed E-state index contributed by atoms with van der Waals surface area (Å²) in [6.45, 7) is 7.88. The Morgan fingerprint density at radius 1 is 1.00 bits per heavy atom. The number of piperidine rings is 2. The summed E-state index contributed by atoms with van der Waals surface area (Å²) < 4.78 is 35.1. The zero-order valence-corrected chi connectivity index (χ0v) is 20.7. The maximum atomic E-state index is 14.8. The summed E-state index contributed by atoms with van der Waals surface area (Å²) in [7, 11) is 0. The Bertz CT molecular complexity index is 888. The highest BCUT2D eigenvalue weighted by Crippen LogP contribution is 2.46. The van der Waals surface area contributed by atoms with Gasteiger partial charge in [0.1, 0.15) is 0 Å². The van der Waals surface area contributed by atoms with E-state index in [1.165, 1.54) is 25.8 Å². The van der Waals surface area contributed by atoms with Gasteiger partial charge in [-0.25, -0.2) is 8.78 Å². The van der Waals surface area contributed by atoms with Gasteiger partial charge in [-0.1, -0.05) is 6.42 Å². The number of hydrogen-bond donors (Lipinski definition) is 0. The smallest absolute Gasteiger partial charge is 0.272 e. The number of ether oxygens (including phenoxy) is 1. The summed E-state index contributed by atoms with van der Waals surface area (Å²) in [6.07, 6.45) is 8.11. The average molecular weight is 476 g/mol. The zero-order valence-electron chi connectivity index (χ0n) is 20.7. The summed E-state index contributed by atoms with van der Waals surface area (Å²) in [6, 6.07) is 6.58. The van der Waals surface area contributed by atoms with E-state index in [-0.39, 0.29) is 11.5 Å². The molecule has 0 bridgehead atoms. The van der Waals surface area contributed by atoms with Crippen LogP contribution in [0.5, 0.6) is 0 Å². The van der Waals surface area contributed by atoms with E-state index in [4.69, 9.17) is 4.74 Å². The van der Waals surface area contributed by atoms with Gasteiger partial charge in [0.2, 0.25) is 5.91 Å². The number of hydrogen-bond acceptors (Lipinski definition) is 4. The second-order valence-corrected chi connectivity index (χ2v) is 11.0. The van der Waals surface area contributed by atoms with Gasteiger partial charge in [-0.15, -0.1) is 0 Å². The Morgan fingerprint density at radius 3 is 2.41 bits per heavy atom. The number of benzene rings is 1. The standard InChI is InChI=1S/C27H39F2N3O2/c1-20-5-3-4-13-31(20)21-8-14-30(15-9-21)22-6-7-24(23(19-22)26(2,28)29)32-16-10-27(25(32)33)11-17-34-18-12-27/h6-7,19-21H,3-5,8-18H2,1-2H3/t20-/m0/s1. The molecule has 0 unspecified atom stereocenters. The van der Waals surface area contributed by atoms with E-state index < -0.39 is 11.3 Å². The molecule has 0 saturated carbocycles. The summed E-state index contributed by atoms with van der Waals surface area (Å²) in [5.74, 6) is -3.02. The predicted octanol–water partition coefficient (Wildman–Crippen LogP) is 5.18. The minimum Gasteiger partial charge on any atom is -0.381 e. The fraction of sp³-hybridized carbons (Fsp3) is 0.741. The van der Waals surface area contributed by atoms with Gasteiger partial charge in [-0.3, -0.25) is 9.69 Å². The lowest BCUT2D eigenvalue weighted by Crippen LogP contribution is -2.50. The van der Waals surface area contributed by atoms with Crippen molar-refractivity contribution >= 4 is 17.3 Å². The van der Waals surface area contributed by atoms with Crippen molar-refractivity contribution in [1.82, 2.24) is 4.90 Å². The average Bonchev–Trinajstić information content (AvgIpc) is 3.14. The molecule has 0 aromatic heterocycles. The highest BCUT2D eigenvalue weighted by Gasteiger charge is 2.49. The Kier molecular flexibility index (Phi) is 6.62. The Hall–Kier alpha value is -1.73. The van der Waals surface area contributed by atoms with Crippen LogP contribution in [0.15, 0.2) is 18.2 Å². The van der Waals surface area contributed by atoms with Crippen LogP contribution in [0.4, 0.5) is 20.2 Å². The second-order valence-electron chi connectivity index (χ2n) is 11.0. The fourth-order valence-corrected chi connectivity index (χ4v) is 6.70. The van der Waals surface area contributed by atoms with Gasteiger partial charge >= 0.3 is 0 Å². The van der Waals surface area contributed by atoms with Crippen LogP contribution < -0.4 is 9.80 Å². The number of carbonyl (C=O) groups excluding carboxylic acids is 1. The van der Waals surface area contributed by atoms with Gasteiger partial charge in [0, 0.05) is 63.1 Å². The molecule has 1 amide bonds. The monoisotopic (exact) mass is 475 g/mol. The molecule has 1 spiro atoms. The molecule has 4 aliphatic heterocycles. The first-order chi connectivity index (χ1) is 16.3. The molecule has 34 heavy (non-hydrogen) atoms. The molecule has 1 aromatic rings. The first kappa shape index (κ1) is 24.0. The zero-order chi connectivity index (χ0) is 23.9. The van der Waals surface area contributed by atoms with E-state index in [2.05, 4.69) is 16.7 Å². The van der Waals surface area contributed by atoms with Gasteiger partial charge in [0.25, 0.3) is 5.92 Å². The molecule has 5 nitrogen and oxygen atoms in total. The van der Waals surface area contributed by atoms with Crippen molar-refractivity contribution in [2.24, 2.45) is 5.41 Å². The predicted molar refractivity (Wildman–Crippen MR) is 131 cm³/mol. The van der Waals surface area contributed by atoms with Gasteiger partial charge in [0.15, 0.2) is 0 Å². The first-order valence-corrected chi connectivity index (χ1v) is 13.2. The van der Waals surface area contributed by atoms with Crippen molar-refractivity contribution in [3.8, 4) is 0 Å². The number of carbonyl (C=O) groups is 1. The highest BCUT2D eigenvalue weighted by atomic mass is 19.3. The van der Waals surface area contributed by atoms with Crippen LogP contribution in [0.3, 0.4) is 0 Å². The summed E-state index contributed by atoms with van der Waals surface area (Å²) in [5, 5.41) is 0. The van der Waals surface area contributed by atoms with Crippen LogP contribution in [0.2, 0.25) is 0 Å². The number of halogens is 2. The van der Waals surface area contributed by atoms with Crippen molar-refractivity contribution < 1.29 is 18.3 Å². The Balaban J connectivity index is 1.33. The SMILES string of the molecule is C[C@H]1CCCCN1C1CCN(c2ccc(N3CCC4(CCOCC4)C3=O)c(C(C)(F)F)c2)CC1. The van der Waals surface area contributed by atoms with E-state index in [1.807, 2.05) is 6.07 Å². The number of nitrogens with zero attached hydrogens (tertiary/aromatic N) is 3. The molecule has 0 radical (unpaired) electrons. The third-order valence-electron chi connectivity index (χ3n) is 8.86. The van der Waals surface area contributed by atoms with Crippen LogP contribution in [0, 0.1) is 5.41 Å². The summed E-state index contributed by atoms with van der Waals surface area (Å²) in [4.78, 5) is 19.9. The van der Waals surface area contributed by atoms with E-state index in [1.54, 1.807) is 17.0 Å². The van der Waals surface area contributed by atoms with E-state index >= 15 is 0 Å². The van der Waals surface area contributed by atoms with E-state index in [9.17, 15) is 13.6 Å². The lowest BCUT2D eigenvalue weighted by molar-refractivity contribution is -0.130. The number of alkyl halides is 2. The van der Waals surface area contributed by atoms with Gasteiger partial charge < -0.3 is 14.5 Å². The first-order valence-electron chi connectivity index (χ1n) is 13.2. The number of likely N-dealkylation sites (tertiary alicyclic amines) is 1. The molecule has 4 heterocycles. The third-order valence-corrected chi connectivity index (χ3v) is 8.86. The molecule has 1 atom stereocenters. The molecule has 4 fully saturated rings. The van der Waals surface area contributed by atoms with Crippen LogP contribution in [0.25, 0.3) is 0 Å². The van der Waals surface area contributed by atoms with Crippen molar-refractivity contribution in [2.75, 3.05) is 49.2 Å². The van der Waals surface area contributed by atoms with E-state index in [0.29, 0.717) is 56.8 Å². The minimum atomic E-state index is -3.02. The van der Waals surface area contributed by atoms with Crippen molar-refractivity contribution in [2.45, 2.75) is 83.2 Å². The Labute approximate surface area is 202 Å². The fourth-order valence-electron chi connectivity index (χ4n) is 6.70. The minimum absolute atomic E-state index is 0.00878. The third kappa shape index (κ3) is 4.46. The molecular weight excluding hydrogens is 436 g/mol. The largest absolute Gasteiger partial charge is 0.381 e. The van der Waals surface area contributed by atoms with Crippen molar-refractivity contribution in [3.63, 3.8) is 0 Å². The molecule has 7 heteroatoms. The molecular formula is C27H39F2N3O2. The molecule has 4 aliphatic rings. The second kappa shape index (κ2) is 9.38. The van der Waals surface area contributed by atoms with Crippen molar-refractivity contribution in [1.29, 1.82) is 0 Å². The molecule has 188 valence electrons. The quantitative estimate of drug-likeness (QED) is 0.602. The van der Waals surface area contributed by atoms with E-state index in [0.717, 1.165) is 38.5 Å². The van der Waals surface area contributed by atoms with Gasteiger partial charge in [-0.2, -0.15) is 0 Å². The highest BCUT2D eigenvalue weighted by molar-refractivity contribution is 6.00. The number of rotatable bonds is 4. The molecule has 0 aliphatic carbocycles. The number of amides is 1.